The van der Waals surface area contributed by atoms with Crippen LogP contribution < -0.4 is 9.64 Å². The molecular weight excluding hydrogens is 270 g/mol. The average Bonchev–Trinajstić information content (AvgIpc) is 2.99. The Morgan fingerprint density at radius 1 is 1.29 bits per heavy atom. The molecule has 0 amide bonds. The van der Waals surface area contributed by atoms with Gasteiger partial charge in [0.15, 0.2) is 0 Å². The van der Waals surface area contributed by atoms with E-state index < -0.39 is 5.97 Å². The van der Waals surface area contributed by atoms with Crippen LogP contribution in [0.25, 0.3) is 0 Å². The second-order valence-electron chi connectivity index (χ2n) is 4.88. The van der Waals surface area contributed by atoms with Crippen molar-refractivity contribution in [2.24, 2.45) is 5.92 Å². The number of benzene rings is 1. The third kappa shape index (κ3) is 3.10. The van der Waals surface area contributed by atoms with Crippen molar-refractivity contribution < 1.29 is 14.6 Å². The number of nitrogens with zero attached hydrogens (tertiary/aromatic N) is 3. The SMILES string of the molecule is O=C(O)C1CCN(c2nccc(Oc3ccccc3)n2)C1. The fourth-order valence-corrected chi connectivity index (χ4v) is 2.29. The standard InChI is InChI=1S/C15H15N3O3/c19-14(20)11-7-9-18(10-11)15-16-8-6-13(17-15)21-12-4-2-1-3-5-12/h1-6,8,11H,7,9-10H2,(H,19,20). The first-order chi connectivity index (χ1) is 10.2. The molecule has 1 N–H and O–H groups in total. The van der Waals surface area contributed by atoms with E-state index in [1.807, 2.05) is 35.2 Å². The summed E-state index contributed by atoms with van der Waals surface area (Å²) < 4.78 is 5.66. The number of ether oxygens (including phenoxy) is 1. The summed E-state index contributed by atoms with van der Waals surface area (Å²) in [6.07, 6.45) is 2.23. The van der Waals surface area contributed by atoms with Crippen molar-refractivity contribution >= 4 is 11.9 Å². The zero-order valence-corrected chi connectivity index (χ0v) is 11.3. The zero-order valence-electron chi connectivity index (χ0n) is 11.3. The lowest BCUT2D eigenvalue weighted by Gasteiger charge is -2.16. The first kappa shape index (κ1) is 13.4. The number of aromatic nitrogens is 2. The van der Waals surface area contributed by atoms with Gasteiger partial charge < -0.3 is 14.7 Å². The van der Waals surface area contributed by atoms with Gasteiger partial charge in [0.1, 0.15) is 5.75 Å². The highest BCUT2D eigenvalue weighted by atomic mass is 16.5. The third-order valence-electron chi connectivity index (χ3n) is 3.40. The summed E-state index contributed by atoms with van der Waals surface area (Å²) in [5.41, 5.74) is 0. The van der Waals surface area contributed by atoms with Crippen LogP contribution >= 0.6 is 0 Å². The first-order valence-electron chi connectivity index (χ1n) is 6.76. The first-order valence-corrected chi connectivity index (χ1v) is 6.76. The minimum Gasteiger partial charge on any atom is -0.481 e. The Labute approximate surface area is 122 Å². The molecule has 6 nitrogen and oxygen atoms in total. The van der Waals surface area contributed by atoms with E-state index in [0.717, 1.165) is 0 Å². The van der Waals surface area contributed by atoms with Gasteiger partial charge in [-0.3, -0.25) is 4.79 Å². The van der Waals surface area contributed by atoms with Crippen molar-refractivity contribution in [3.05, 3.63) is 42.6 Å². The van der Waals surface area contributed by atoms with Crippen LogP contribution in [0.3, 0.4) is 0 Å². The van der Waals surface area contributed by atoms with Crippen molar-refractivity contribution in [1.29, 1.82) is 0 Å². The number of aliphatic carboxylic acids is 1. The molecule has 0 spiro atoms. The highest BCUT2D eigenvalue weighted by Gasteiger charge is 2.29. The molecule has 0 aliphatic carbocycles. The molecule has 2 aromatic rings. The van der Waals surface area contributed by atoms with Crippen LogP contribution in [0.1, 0.15) is 6.42 Å². The van der Waals surface area contributed by atoms with E-state index in [1.54, 1.807) is 12.3 Å². The van der Waals surface area contributed by atoms with Gasteiger partial charge in [0.25, 0.3) is 0 Å². The molecule has 6 heteroatoms. The van der Waals surface area contributed by atoms with Crippen LogP contribution in [-0.4, -0.2) is 34.1 Å². The molecule has 1 aliphatic heterocycles. The molecular formula is C15H15N3O3. The van der Waals surface area contributed by atoms with Gasteiger partial charge in [-0.05, 0) is 18.6 Å². The number of anilines is 1. The Morgan fingerprint density at radius 3 is 2.81 bits per heavy atom. The Balaban J connectivity index is 1.73. The molecule has 108 valence electrons. The van der Waals surface area contributed by atoms with Crippen molar-refractivity contribution in [2.45, 2.75) is 6.42 Å². The molecule has 1 unspecified atom stereocenters. The summed E-state index contributed by atoms with van der Waals surface area (Å²) in [5.74, 6) is 0.533. The fraction of sp³-hybridized carbons (Fsp3) is 0.267. The molecule has 21 heavy (non-hydrogen) atoms. The maximum atomic E-state index is 11.0. The predicted molar refractivity (Wildman–Crippen MR) is 76.5 cm³/mol. The van der Waals surface area contributed by atoms with Crippen LogP contribution in [0, 0.1) is 5.92 Å². The van der Waals surface area contributed by atoms with E-state index >= 15 is 0 Å². The van der Waals surface area contributed by atoms with Gasteiger partial charge in [-0.25, -0.2) is 4.98 Å². The summed E-state index contributed by atoms with van der Waals surface area (Å²) in [6.45, 7) is 1.08. The monoisotopic (exact) mass is 285 g/mol. The van der Waals surface area contributed by atoms with E-state index in [-0.39, 0.29) is 5.92 Å². The Morgan fingerprint density at radius 2 is 2.10 bits per heavy atom. The van der Waals surface area contributed by atoms with Crippen molar-refractivity contribution in [2.75, 3.05) is 18.0 Å². The smallest absolute Gasteiger partial charge is 0.308 e. The predicted octanol–water partition coefficient (Wildman–Crippen LogP) is 2.18. The van der Waals surface area contributed by atoms with Gasteiger partial charge in [0.05, 0.1) is 5.92 Å². The number of carboxylic acid groups (broad SMARTS) is 1. The molecule has 0 radical (unpaired) electrons. The number of carboxylic acids is 1. The van der Waals surface area contributed by atoms with E-state index in [1.165, 1.54) is 0 Å². The Kier molecular flexibility index (Phi) is 3.68. The van der Waals surface area contributed by atoms with Crippen LogP contribution in [0.5, 0.6) is 11.6 Å². The number of carbonyl (C=O) groups is 1. The van der Waals surface area contributed by atoms with E-state index in [2.05, 4.69) is 9.97 Å². The summed E-state index contributed by atoms with van der Waals surface area (Å²) in [6, 6.07) is 11.1. The van der Waals surface area contributed by atoms with Gasteiger partial charge in [0, 0.05) is 25.4 Å². The molecule has 1 aromatic heterocycles. The Hall–Kier alpha value is -2.63. The molecule has 3 rings (SSSR count). The van der Waals surface area contributed by atoms with Crippen LogP contribution in [0.2, 0.25) is 0 Å². The van der Waals surface area contributed by atoms with Gasteiger partial charge >= 0.3 is 5.97 Å². The number of para-hydroxylation sites is 1. The molecule has 1 aliphatic rings. The maximum absolute atomic E-state index is 11.0. The zero-order chi connectivity index (χ0) is 14.7. The highest BCUT2D eigenvalue weighted by molar-refractivity contribution is 5.71. The number of hydrogen-bond acceptors (Lipinski definition) is 5. The topological polar surface area (TPSA) is 75.5 Å². The highest BCUT2D eigenvalue weighted by Crippen LogP contribution is 2.24. The van der Waals surface area contributed by atoms with Crippen LogP contribution in [-0.2, 0) is 4.79 Å². The minimum absolute atomic E-state index is 0.354. The van der Waals surface area contributed by atoms with Crippen LogP contribution in [0.15, 0.2) is 42.6 Å². The molecule has 1 aromatic carbocycles. The van der Waals surface area contributed by atoms with E-state index in [9.17, 15) is 4.79 Å². The molecule has 1 atom stereocenters. The van der Waals surface area contributed by atoms with Gasteiger partial charge in [0.2, 0.25) is 11.8 Å². The van der Waals surface area contributed by atoms with Gasteiger partial charge in [-0.15, -0.1) is 0 Å². The Bertz CT molecular complexity index is 633. The lowest BCUT2D eigenvalue weighted by atomic mass is 10.1. The third-order valence-corrected chi connectivity index (χ3v) is 3.40. The minimum atomic E-state index is -0.769. The molecule has 0 bridgehead atoms. The summed E-state index contributed by atoms with van der Waals surface area (Å²) in [7, 11) is 0. The normalized spacial score (nSPS) is 17.7. The molecule has 1 fully saturated rings. The summed E-state index contributed by atoms with van der Waals surface area (Å²) in [4.78, 5) is 21.4. The molecule has 0 saturated carbocycles. The van der Waals surface area contributed by atoms with E-state index in [0.29, 0.717) is 37.1 Å². The quantitative estimate of drug-likeness (QED) is 0.928. The van der Waals surface area contributed by atoms with Crippen molar-refractivity contribution in [1.82, 2.24) is 9.97 Å². The summed E-state index contributed by atoms with van der Waals surface area (Å²) in [5, 5.41) is 9.04. The second-order valence-corrected chi connectivity index (χ2v) is 4.88. The van der Waals surface area contributed by atoms with Crippen molar-refractivity contribution in [3.63, 3.8) is 0 Å². The number of hydrogen-bond donors (Lipinski definition) is 1. The van der Waals surface area contributed by atoms with E-state index in [4.69, 9.17) is 9.84 Å². The lowest BCUT2D eigenvalue weighted by molar-refractivity contribution is -0.140. The van der Waals surface area contributed by atoms with Gasteiger partial charge in [-0.1, -0.05) is 18.2 Å². The largest absolute Gasteiger partial charge is 0.481 e. The number of rotatable bonds is 4. The molecule has 2 heterocycles. The van der Waals surface area contributed by atoms with Gasteiger partial charge in [-0.2, -0.15) is 4.98 Å². The van der Waals surface area contributed by atoms with Crippen LogP contribution in [0.4, 0.5) is 5.95 Å². The second kappa shape index (κ2) is 5.78. The maximum Gasteiger partial charge on any atom is 0.308 e. The van der Waals surface area contributed by atoms with Crippen molar-refractivity contribution in [3.8, 4) is 11.6 Å². The fourth-order valence-electron chi connectivity index (χ4n) is 2.29. The summed E-state index contributed by atoms with van der Waals surface area (Å²) >= 11 is 0. The average molecular weight is 285 g/mol. The lowest BCUT2D eigenvalue weighted by Crippen LogP contribution is -2.24. The molecule has 1 saturated heterocycles.